The smallest absolute Gasteiger partial charge is 0.408 e. The summed E-state index contributed by atoms with van der Waals surface area (Å²) in [6.45, 7) is 9.04. The summed E-state index contributed by atoms with van der Waals surface area (Å²) in [5.74, 6) is -2.25. The van der Waals surface area contributed by atoms with Crippen LogP contribution < -0.4 is 5.32 Å². The van der Waals surface area contributed by atoms with Gasteiger partial charge in [-0.25, -0.2) is 9.59 Å². The number of ether oxygens (including phenoxy) is 2. The summed E-state index contributed by atoms with van der Waals surface area (Å²) < 4.78 is 42.9. The van der Waals surface area contributed by atoms with E-state index in [1.165, 1.54) is 7.11 Å². The number of nitrogens with one attached hydrogen (secondary N) is 1. The monoisotopic (exact) mass is 536 g/mol. The molecule has 2 rings (SSSR count). The highest BCUT2D eigenvalue weighted by Crippen LogP contribution is 2.63. The molecule has 0 heterocycles. The molecule has 9 nitrogen and oxygen atoms in total. The second kappa shape index (κ2) is 12.7. The van der Waals surface area contributed by atoms with Crippen LogP contribution in [0.5, 0.6) is 0 Å². The highest BCUT2D eigenvalue weighted by atomic mass is 31.2. The fraction of sp³-hybridized carbons (Fsp3) is 0.481. The van der Waals surface area contributed by atoms with Crippen molar-refractivity contribution in [1.82, 2.24) is 5.32 Å². The Morgan fingerprint density at radius 3 is 1.97 bits per heavy atom. The van der Waals surface area contributed by atoms with Gasteiger partial charge in [0.15, 0.2) is 5.85 Å². The van der Waals surface area contributed by atoms with E-state index in [1.807, 2.05) is 0 Å². The number of benzene rings is 2. The van der Waals surface area contributed by atoms with E-state index in [0.717, 1.165) is 0 Å². The second-order valence-electron chi connectivity index (χ2n) is 10.4. The van der Waals surface area contributed by atoms with Gasteiger partial charge in [-0.05, 0) is 58.2 Å². The van der Waals surface area contributed by atoms with Gasteiger partial charge < -0.3 is 28.9 Å². The molecule has 3 atom stereocenters. The third kappa shape index (κ3) is 10.3. The van der Waals surface area contributed by atoms with Crippen LogP contribution in [-0.2, 0) is 40.9 Å². The van der Waals surface area contributed by atoms with Gasteiger partial charge in [0.05, 0.1) is 19.7 Å². The number of alkyl carbamates (subject to hydrolysis) is 1. The molecule has 2 unspecified atom stereocenters. The lowest BCUT2D eigenvalue weighted by Crippen LogP contribution is -2.43. The lowest BCUT2D eigenvalue weighted by molar-refractivity contribution is -0.143. The molecule has 1 amide bonds. The van der Waals surface area contributed by atoms with Crippen LogP contribution in [0.2, 0.25) is 0 Å². The van der Waals surface area contributed by atoms with Crippen LogP contribution in [0, 0.1) is 0 Å². The van der Waals surface area contributed by atoms with Crippen LogP contribution in [0.25, 0.3) is 0 Å². The van der Waals surface area contributed by atoms with E-state index in [0.29, 0.717) is 16.7 Å². The minimum atomic E-state index is -4.01. The Bertz CT molecular complexity index is 1090. The summed E-state index contributed by atoms with van der Waals surface area (Å²) in [6, 6.07) is 13.8. The third-order valence-corrected chi connectivity index (χ3v) is 7.20. The van der Waals surface area contributed by atoms with Gasteiger partial charge in [-0.15, -0.1) is 0 Å². The molecule has 0 spiro atoms. The quantitative estimate of drug-likeness (QED) is 0.301. The molecule has 2 aromatic carbocycles. The zero-order valence-electron chi connectivity index (χ0n) is 23.4. The van der Waals surface area contributed by atoms with Gasteiger partial charge in [0, 0.05) is 6.42 Å². The number of carbonyl (C=O) groups is 2. The Hall–Kier alpha value is -2.71. The minimum absolute atomic E-state index is 0.0425. The van der Waals surface area contributed by atoms with Crippen LogP contribution in [0.3, 0.4) is 0 Å². The largest absolute Gasteiger partial charge is 0.467 e. The van der Waals surface area contributed by atoms with E-state index in [1.54, 1.807) is 96.1 Å². The first-order valence-corrected chi connectivity index (χ1v) is 13.4. The number of rotatable bonds is 10. The number of hydrogen-bond acceptors (Lipinski definition) is 8. The first-order chi connectivity index (χ1) is 17.5. The van der Waals surface area contributed by atoms with Gasteiger partial charge >= 0.3 is 19.7 Å². The molecule has 0 saturated heterocycles. The van der Waals surface area contributed by atoms with Crippen molar-refractivity contribution in [3.63, 3.8) is 0 Å². The standard InChI is InChI=1S/C27H38NO8P/c1-26(2,3)35-37(32,36-27(4,5)6)24(30)21-15-13-19(14-16-21)17-22(23(29)33-7)28-25(31)34-18-20-11-9-8-10-12-20/h8-16,22,24,30H,17-18H2,1-7H3,(H,28,31)/t22-,24?/m0/s1/i18D/t18?,22-,24?. The van der Waals surface area contributed by atoms with Crippen molar-refractivity contribution in [2.45, 2.75) is 77.6 Å². The first kappa shape index (κ1) is 28.9. The molecule has 0 fully saturated rings. The molecular weight excluding hydrogens is 497 g/mol. The minimum Gasteiger partial charge on any atom is -0.467 e. The fourth-order valence-electron chi connectivity index (χ4n) is 3.29. The molecule has 0 bridgehead atoms. The number of carbonyl (C=O) groups excluding carboxylic acids is 2. The third-order valence-electron chi connectivity index (χ3n) is 4.70. The van der Waals surface area contributed by atoms with Crippen molar-refractivity contribution in [2.75, 3.05) is 7.11 Å². The highest BCUT2D eigenvalue weighted by molar-refractivity contribution is 7.54. The van der Waals surface area contributed by atoms with E-state index in [4.69, 9.17) is 19.9 Å². The van der Waals surface area contributed by atoms with Gasteiger partial charge in [0.2, 0.25) is 0 Å². The van der Waals surface area contributed by atoms with Crippen LogP contribution >= 0.6 is 7.60 Å². The lowest BCUT2D eigenvalue weighted by Gasteiger charge is -2.34. The van der Waals surface area contributed by atoms with E-state index in [2.05, 4.69) is 5.32 Å². The van der Waals surface area contributed by atoms with Crippen LogP contribution in [0.1, 0.15) is 65.4 Å². The van der Waals surface area contributed by atoms with Gasteiger partial charge in [-0.1, -0.05) is 54.6 Å². The number of esters is 1. The zero-order chi connectivity index (χ0) is 28.7. The summed E-state index contributed by atoms with van der Waals surface area (Å²) in [5, 5.41) is 13.4. The van der Waals surface area contributed by atoms with Crippen molar-refractivity contribution in [3.8, 4) is 0 Å². The second-order valence-corrected chi connectivity index (χ2v) is 12.4. The Balaban J connectivity index is 2.16. The maximum absolute atomic E-state index is 13.6. The van der Waals surface area contributed by atoms with Crippen LogP contribution in [-0.4, -0.2) is 41.5 Å². The molecule has 0 aromatic heterocycles. The van der Waals surface area contributed by atoms with Gasteiger partial charge in [0.25, 0.3) is 0 Å². The topological polar surface area (TPSA) is 120 Å². The Morgan fingerprint density at radius 1 is 0.946 bits per heavy atom. The summed E-state index contributed by atoms with van der Waals surface area (Å²) in [4.78, 5) is 24.7. The van der Waals surface area contributed by atoms with E-state index >= 15 is 0 Å². The van der Waals surface area contributed by atoms with Crippen molar-refractivity contribution in [3.05, 3.63) is 71.3 Å². The maximum atomic E-state index is 13.6. The van der Waals surface area contributed by atoms with Gasteiger partial charge in [-0.2, -0.15) is 0 Å². The number of amides is 1. The molecule has 0 aliphatic rings. The predicted octanol–water partition coefficient (Wildman–Crippen LogP) is 5.51. The van der Waals surface area contributed by atoms with Gasteiger partial charge in [-0.3, -0.25) is 4.57 Å². The van der Waals surface area contributed by atoms with Crippen LogP contribution in [0.4, 0.5) is 4.79 Å². The normalized spacial score (nSPS) is 15.2. The maximum Gasteiger partial charge on any atom is 0.408 e. The Kier molecular flexibility index (Phi) is 9.90. The lowest BCUT2D eigenvalue weighted by atomic mass is 10.0. The van der Waals surface area contributed by atoms with Crippen LogP contribution in [0.15, 0.2) is 54.6 Å². The molecule has 2 N–H and O–H groups in total. The highest BCUT2D eigenvalue weighted by Gasteiger charge is 2.42. The predicted molar refractivity (Wildman–Crippen MR) is 140 cm³/mol. The van der Waals surface area contributed by atoms with Crippen molar-refractivity contribution in [2.24, 2.45) is 0 Å². The van der Waals surface area contributed by atoms with Crippen molar-refractivity contribution >= 4 is 19.7 Å². The molecule has 0 aliphatic carbocycles. The average Bonchev–Trinajstić information content (AvgIpc) is 2.81. The molecule has 37 heavy (non-hydrogen) atoms. The molecule has 0 saturated carbocycles. The molecular formula is C27H38NO8P. The molecule has 10 heteroatoms. The number of aliphatic hydroxyl groups excluding tert-OH is 1. The summed E-state index contributed by atoms with van der Waals surface area (Å²) in [6.07, 6.45) is -0.906. The zero-order valence-corrected chi connectivity index (χ0v) is 23.3. The van der Waals surface area contributed by atoms with Crippen molar-refractivity contribution in [1.29, 1.82) is 0 Å². The fourth-order valence-corrected chi connectivity index (χ4v) is 5.59. The summed E-state index contributed by atoms with van der Waals surface area (Å²) >= 11 is 0. The number of methoxy groups -OCH3 is 1. The summed E-state index contributed by atoms with van der Waals surface area (Å²) in [7, 11) is -2.81. The summed E-state index contributed by atoms with van der Waals surface area (Å²) in [5.41, 5.74) is -0.282. The average molecular weight is 537 g/mol. The Morgan fingerprint density at radius 2 is 1.49 bits per heavy atom. The van der Waals surface area contributed by atoms with Gasteiger partial charge in [0.1, 0.15) is 12.6 Å². The molecule has 204 valence electrons. The SMILES string of the molecule is [2H]C(OC(=O)N[C@@H](Cc1ccc(C(O)P(=O)(OC(C)(C)C)OC(C)(C)C)cc1)C(=O)OC)c1ccccc1. The number of hydrogen-bond donors (Lipinski definition) is 2. The van der Waals surface area contributed by atoms with E-state index in [-0.39, 0.29) is 6.42 Å². The molecule has 2 aromatic rings. The molecule has 0 aliphatic heterocycles. The number of aliphatic hydroxyl groups is 1. The Labute approximate surface area is 220 Å². The van der Waals surface area contributed by atoms with E-state index < -0.39 is 49.3 Å². The van der Waals surface area contributed by atoms with E-state index in [9.17, 15) is 19.3 Å². The molecule has 0 radical (unpaired) electrons. The van der Waals surface area contributed by atoms with Crippen molar-refractivity contribution < 1.29 is 39.2 Å². The first-order valence-electron chi connectivity index (χ1n) is 12.4.